The number of hydrogen-bond donors (Lipinski definition) is 2. The molecular weight excluding hydrogens is 292 g/mol. The van der Waals surface area contributed by atoms with Crippen LogP contribution in [-0.2, 0) is 9.59 Å². The molecule has 2 rings (SSSR count). The molecule has 0 atom stereocenters. The maximum Gasteiger partial charge on any atom is 0.231 e. The molecule has 6 nitrogen and oxygen atoms in total. The second-order valence-electron chi connectivity index (χ2n) is 4.53. The van der Waals surface area contributed by atoms with E-state index in [1.165, 1.54) is 11.1 Å². The van der Waals surface area contributed by atoms with Crippen molar-refractivity contribution in [2.45, 2.75) is 20.8 Å². The largest absolute Gasteiger partial charge is 0.231 e. The summed E-state index contributed by atoms with van der Waals surface area (Å²) in [4.78, 5) is 16.7. The van der Waals surface area contributed by atoms with Gasteiger partial charge in [-0.05, 0) is 55.7 Å². The average molecular weight is 310 g/mol. The Morgan fingerprint density at radius 3 is 1.96 bits per heavy atom. The van der Waals surface area contributed by atoms with E-state index in [1.807, 2.05) is 25.1 Å². The minimum Gasteiger partial charge on any atom is -0.222 e. The molecule has 0 spiro atoms. The normalized spacial score (nSPS) is 8.83. The van der Waals surface area contributed by atoms with Gasteiger partial charge in [0.2, 0.25) is 12.2 Å². The molecule has 0 aliphatic rings. The van der Waals surface area contributed by atoms with Gasteiger partial charge in [-0.2, -0.15) is 10.2 Å². The molecule has 0 radical (unpaired) electrons. The van der Waals surface area contributed by atoms with Gasteiger partial charge in [-0.25, -0.2) is 20.4 Å². The molecule has 0 aliphatic heterocycles. The smallest absolute Gasteiger partial charge is 0.222 e. The van der Waals surface area contributed by atoms with E-state index in [1.54, 1.807) is 0 Å². The van der Waals surface area contributed by atoms with Crippen LogP contribution in [0.4, 0.5) is 11.4 Å². The molecule has 2 N–H and O–H groups in total. The lowest BCUT2D eigenvalue weighted by Crippen LogP contribution is -1.76. The molecule has 2 aromatic rings. The van der Waals surface area contributed by atoms with E-state index in [2.05, 4.69) is 48.3 Å². The fourth-order valence-electron chi connectivity index (χ4n) is 1.63. The predicted molar refractivity (Wildman–Crippen MR) is 88.1 cm³/mol. The second kappa shape index (κ2) is 11.5. The Labute approximate surface area is 134 Å². The van der Waals surface area contributed by atoms with Gasteiger partial charge in [0, 0.05) is 0 Å². The summed E-state index contributed by atoms with van der Waals surface area (Å²) in [5, 5.41) is 19.4. The summed E-state index contributed by atoms with van der Waals surface area (Å²) in [6, 6.07) is 14.2. The Hall–Kier alpha value is -3.20. The minimum absolute atomic E-state index is 0.750. The molecule has 6 heteroatoms. The molecule has 118 valence electrons. The zero-order valence-electron chi connectivity index (χ0n) is 13.3. The Balaban J connectivity index is 0.000000704. The van der Waals surface area contributed by atoms with Gasteiger partial charge in [0.15, 0.2) is 0 Å². The Bertz CT molecular complexity index is 715. The molecule has 0 aliphatic carbocycles. The molecule has 23 heavy (non-hydrogen) atoms. The number of carbonyl (C=O) groups excluding carboxylic acids is 2. The summed E-state index contributed by atoms with van der Waals surface area (Å²) < 4.78 is 0. The number of benzene rings is 2. The number of hydrogen-bond acceptors (Lipinski definition) is 6. The highest BCUT2D eigenvalue weighted by Crippen LogP contribution is 2.23. The van der Waals surface area contributed by atoms with Crippen LogP contribution >= 0.6 is 0 Å². The van der Waals surface area contributed by atoms with Gasteiger partial charge < -0.3 is 0 Å². The quantitative estimate of drug-likeness (QED) is 0.471. The van der Waals surface area contributed by atoms with Crippen molar-refractivity contribution in [3.05, 3.63) is 59.2 Å². The monoisotopic (exact) mass is 310 g/mol. The van der Waals surface area contributed by atoms with Gasteiger partial charge in [0.1, 0.15) is 0 Å². The van der Waals surface area contributed by atoms with E-state index in [9.17, 15) is 0 Å². The minimum atomic E-state index is 0.750. The Morgan fingerprint density at radius 1 is 0.826 bits per heavy atom. The van der Waals surface area contributed by atoms with Gasteiger partial charge in [0.05, 0.1) is 11.4 Å². The van der Waals surface area contributed by atoms with E-state index >= 15 is 0 Å². The van der Waals surface area contributed by atoms with Crippen molar-refractivity contribution in [3.8, 4) is 0 Å². The summed E-state index contributed by atoms with van der Waals surface area (Å²) >= 11 is 0. The first kappa shape index (κ1) is 19.8. The molecule has 0 amide bonds. The maximum atomic E-state index is 8.35. The van der Waals surface area contributed by atoms with Crippen LogP contribution in [0.1, 0.15) is 16.7 Å². The van der Waals surface area contributed by atoms with Gasteiger partial charge >= 0.3 is 0 Å². The number of nitrogens with one attached hydrogen (secondary N) is 2. The predicted octanol–water partition coefficient (Wildman–Crippen LogP) is 4.83. The fraction of sp³-hybridized carbons (Fsp3) is 0.176. The molecule has 0 heterocycles. The lowest BCUT2D eigenvalue weighted by molar-refractivity contribution is 0.562. The van der Waals surface area contributed by atoms with Gasteiger partial charge in [-0.3, -0.25) is 0 Å². The summed E-state index contributed by atoms with van der Waals surface area (Å²) in [7, 11) is 0. The first-order chi connectivity index (χ1) is 11.0. The van der Waals surface area contributed by atoms with Crippen LogP contribution < -0.4 is 0 Å². The van der Waals surface area contributed by atoms with Crippen molar-refractivity contribution >= 4 is 23.5 Å². The van der Waals surface area contributed by atoms with Gasteiger partial charge in [-0.15, -0.1) is 0 Å². The van der Waals surface area contributed by atoms with E-state index in [0.717, 1.165) is 29.1 Å². The van der Waals surface area contributed by atoms with Crippen LogP contribution in [0.5, 0.6) is 0 Å². The van der Waals surface area contributed by atoms with Crippen LogP contribution in [0.15, 0.2) is 52.7 Å². The van der Waals surface area contributed by atoms with Gasteiger partial charge in [0.25, 0.3) is 0 Å². The van der Waals surface area contributed by atoms with Crippen LogP contribution in [0.3, 0.4) is 0 Å². The van der Waals surface area contributed by atoms with Crippen LogP contribution in [0, 0.1) is 31.6 Å². The average Bonchev–Trinajstić information content (AvgIpc) is 2.50. The van der Waals surface area contributed by atoms with E-state index in [4.69, 9.17) is 20.4 Å². The lowest BCUT2D eigenvalue weighted by Gasteiger charge is -2.00. The number of rotatable bonds is 2. The van der Waals surface area contributed by atoms with Crippen molar-refractivity contribution < 1.29 is 9.59 Å². The standard InChI is InChI=1S/C15H16N2.2CHNO/c1-11-5-4-6-14(9-11)16-17-15-10-12(2)7-8-13(15)3;2*2-1-3/h4-10H,1-3H3;2*2H. The highest BCUT2D eigenvalue weighted by molar-refractivity contribution is 5.48. The highest BCUT2D eigenvalue weighted by atomic mass is 16.1. The number of aryl methyl sites for hydroxylation is 3. The topological polar surface area (TPSA) is 107 Å². The molecular formula is C17H18N4O2. The molecule has 2 aromatic carbocycles. The third-order valence-corrected chi connectivity index (χ3v) is 2.64. The van der Waals surface area contributed by atoms with E-state index < -0.39 is 0 Å². The first-order valence-corrected chi connectivity index (χ1v) is 6.61. The summed E-state index contributed by atoms with van der Waals surface area (Å²) in [5.74, 6) is 0. The third kappa shape index (κ3) is 8.63. The Kier molecular flexibility index (Phi) is 9.86. The van der Waals surface area contributed by atoms with Crippen molar-refractivity contribution in [2.75, 3.05) is 0 Å². The van der Waals surface area contributed by atoms with Gasteiger partial charge in [-0.1, -0.05) is 24.3 Å². The third-order valence-electron chi connectivity index (χ3n) is 2.64. The van der Waals surface area contributed by atoms with Crippen molar-refractivity contribution in [1.82, 2.24) is 0 Å². The molecule has 0 fully saturated rings. The molecule has 0 unspecified atom stereocenters. The number of azo groups is 1. The first-order valence-electron chi connectivity index (χ1n) is 6.61. The van der Waals surface area contributed by atoms with Crippen LogP contribution in [-0.4, -0.2) is 12.2 Å². The maximum absolute atomic E-state index is 8.35. The number of isocyanates is 2. The molecule has 0 saturated heterocycles. The second-order valence-corrected chi connectivity index (χ2v) is 4.53. The summed E-state index contributed by atoms with van der Waals surface area (Å²) in [6.45, 7) is 6.16. The molecule has 0 aromatic heterocycles. The van der Waals surface area contributed by atoms with Crippen molar-refractivity contribution in [2.24, 2.45) is 10.2 Å². The molecule has 0 saturated carbocycles. The van der Waals surface area contributed by atoms with E-state index in [0.29, 0.717) is 0 Å². The summed E-state index contributed by atoms with van der Waals surface area (Å²) in [6.07, 6.45) is 1.50. The SMILES string of the molecule is Cc1cccc(N=Nc2cc(C)ccc2C)c1.N=C=O.N=C=O. The number of nitrogens with zero attached hydrogens (tertiary/aromatic N) is 2. The highest BCUT2D eigenvalue weighted by Gasteiger charge is 1.96. The zero-order chi connectivity index (χ0) is 17.7. The van der Waals surface area contributed by atoms with Crippen LogP contribution in [0.2, 0.25) is 0 Å². The summed E-state index contributed by atoms with van der Waals surface area (Å²) in [5.41, 5.74) is 5.38. The van der Waals surface area contributed by atoms with E-state index in [-0.39, 0.29) is 0 Å². The fourth-order valence-corrected chi connectivity index (χ4v) is 1.63. The van der Waals surface area contributed by atoms with Crippen molar-refractivity contribution in [1.29, 1.82) is 10.8 Å². The van der Waals surface area contributed by atoms with Crippen molar-refractivity contribution in [3.63, 3.8) is 0 Å². The Morgan fingerprint density at radius 2 is 1.39 bits per heavy atom. The zero-order valence-corrected chi connectivity index (χ0v) is 13.3. The lowest BCUT2D eigenvalue weighted by atomic mass is 10.1. The van der Waals surface area contributed by atoms with Crippen LogP contribution in [0.25, 0.3) is 0 Å². The molecule has 0 bridgehead atoms.